The molecule has 21 heavy (non-hydrogen) atoms. The molecule has 1 fully saturated rings. The van der Waals surface area contributed by atoms with Gasteiger partial charge in [0.2, 0.25) is 0 Å². The number of nitrogens with zero attached hydrogens (tertiary/aromatic N) is 1. The fourth-order valence-corrected chi connectivity index (χ4v) is 2.93. The van der Waals surface area contributed by atoms with Gasteiger partial charge >= 0.3 is 0 Å². The molecule has 0 unspecified atom stereocenters. The summed E-state index contributed by atoms with van der Waals surface area (Å²) in [6, 6.07) is 16.8. The molecule has 1 aliphatic rings. The van der Waals surface area contributed by atoms with Gasteiger partial charge in [0.05, 0.1) is 11.7 Å². The average molecular weight is 275 g/mol. The van der Waals surface area contributed by atoms with Crippen molar-refractivity contribution in [3.05, 3.63) is 72.6 Å². The number of H-pyrrole nitrogens is 1. The maximum Gasteiger partial charge on any atom is 0.0653 e. The fraction of sp³-hybridized carbons (Fsp3) is 0.167. The van der Waals surface area contributed by atoms with E-state index in [0.29, 0.717) is 11.8 Å². The average Bonchev–Trinajstić information content (AvgIpc) is 3.18. The van der Waals surface area contributed by atoms with Crippen molar-refractivity contribution in [2.24, 2.45) is 5.92 Å². The second-order valence-corrected chi connectivity index (χ2v) is 5.68. The second kappa shape index (κ2) is 4.77. The summed E-state index contributed by atoms with van der Waals surface area (Å²) < 4.78 is 0. The van der Waals surface area contributed by atoms with Gasteiger partial charge in [-0.1, -0.05) is 36.9 Å². The molecule has 1 saturated carbocycles. The van der Waals surface area contributed by atoms with Crippen LogP contribution in [0.2, 0.25) is 0 Å². The van der Waals surface area contributed by atoms with Crippen LogP contribution in [-0.4, -0.2) is 10.2 Å². The first-order chi connectivity index (χ1) is 10.3. The Labute approximate surface area is 123 Å². The lowest BCUT2D eigenvalue weighted by molar-refractivity contribution is 0.950. The number of para-hydroxylation sites is 1. The van der Waals surface area contributed by atoms with Crippen LogP contribution in [0.1, 0.15) is 17.9 Å². The SMILES string of the molecule is C=C(Nc1ccccc1)[C@@H]1C[C@@H]1c1ccc2cn[nH]c2c1. The number of anilines is 1. The molecule has 0 radical (unpaired) electrons. The minimum Gasteiger partial charge on any atom is -0.359 e. The van der Waals surface area contributed by atoms with Gasteiger partial charge in [0.15, 0.2) is 0 Å². The Morgan fingerprint density at radius 3 is 2.90 bits per heavy atom. The lowest BCUT2D eigenvalue weighted by Gasteiger charge is -2.09. The summed E-state index contributed by atoms with van der Waals surface area (Å²) in [6.45, 7) is 4.21. The highest BCUT2D eigenvalue weighted by Crippen LogP contribution is 2.51. The van der Waals surface area contributed by atoms with E-state index < -0.39 is 0 Å². The van der Waals surface area contributed by atoms with Crippen LogP contribution < -0.4 is 5.32 Å². The Balaban J connectivity index is 1.48. The van der Waals surface area contributed by atoms with Crippen molar-refractivity contribution >= 4 is 16.6 Å². The Bertz CT molecular complexity index is 788. The first kappa shape index (κ1) is 12.2. The topological polar surface area (TPSA) is 40.7 Å². The van der Waals surface area contributed by atoms with Crippen LogP contribution in [-0.2, 0) is 0 Å². The predicted octanol–water partition coefficient (Wildman–Crippen LogP) is 4.29. The fourth-order valence-electron chi connectivity index (χ4n) is 2.93. The van der Waals surface area contributed by atoms with Crippen molar-refractivity contribution in [3.63, 3.8) is 0 Å². The molecule has 2 aromatic carbocycles. The molecule has 1 aromatic heterocycles. The highest BCUT2D eigenvalue weighted by atomic mass is 15.1. The first-order valence-electron chi connectivity index (χ1n) is 7.25. The lowest BCUT2D eigenvalue weighted by atomic mass is 10.1. The summed E-state index contributed by atoms with van der Waals surface area (Å²) in [5.74, 6) is 1.09. The van der Waals surface area contributed by atoms with Gasteiger partial charge in [-0.3, -0.25) is 5.10 Å². The van der Waals surface area contributed by atoms with E-state index in [-0.39, 0.29) is 0 Å². The lowest BCUT2D eigenvalue weighted by Crippen LogP contribution is -2.00. The third kappa shape index (κ3) is 2.31. The zero-order valence-electron chi connectivity index (χ0n) is 11.7. The number of hydrogen-bond acceptors (Lipinski definition) is 2. The molecule has 3 nitrogen and oxygen atoms in total. The highest BCUT2D eigenvalue weighted by molar-refractivity contribution is 5.78. The molecule has 0 amide bonds. The molecule has 2 atom stereocenters. The number of allylic oxidation sites excluding steroid dienone is 1. The van der Waals surface area contributed by atoms with Gasteiger partial charge < -0.3 is 5.32 Å². The minimum absolute atomic E-state index is 0.519. The summed E-state index contributed by atoms with van der Waals surface area (Å²) in [6.07, 6.45) is 3.03. The second-order valence-electron chi connectivity index (χ2n) is 5.68. The van der Waals surface area contributed by atoms with Crippen LogP contribution in [0.25, 0.3) is 10.9 Å². The zero-order valence-corrected chi connectivity index (χ0v) is 11.7. The number of hydrogen-bond donors (Lipinski definition) is 2. The van der Waals surface area contributed by atoms with Crippen LogP contribution in [0.5, 0.6) is 0 Å². The maximum absolute atomic E-state index is 4.21. The third-order valence-corrected chi connectivity index (χ3v) is 4.21. The predicted molar refractivity (Wildman–Crippen MR) is 86.1 cm³/mol. The Kier molecular flexibility index (Phi) is 2.78. The van der Waals surface area contributed by atoms with E-state index in [4.69, 9.17) is 0 Å². The van der Waals surface area contributed by atoms with E-state index in [1.165, 1.54) is 5.56 Å². The van der Waals surface area contributed by atoms with Crippen molar-refractivity contribution in [1.82, 2.24) is 10.2 Å². The van der Waals surface area contributed by atoms with E-state index in [9.17, 15) is 0 Å². The Hall–Kier alpha value is -2.55. The number of rotatable bonds is 4. The number of nitrogens with one attached hydrogen (secondary N) is 2. The molecule has 1 heterocycles. The van der Waals surface area contributed by atoms with E-state index in [0.717, 1.165) is 28.7 Å². The third-order valence-electron chi connectivity index (χ3n) is 4.21. The molecule has 0 bridgehead atoms. The largest absolute Gasteiger partial charge is 0.359 e. The van der Waals surface area contributed by atoms with Crippen molar-refractivity contribution in [1.29, 1.82) is 0 Å². The summed E-state index contributed by atoms with van der Waals surface area (Å²) in [5.41, 5.74) is 4.70. The van der Waals surface area contributed by atoms with Crippen molar-refractivity contribution < 1.29 is 0 Å². The highest BCUT2D eigenvalue weighted by Gasteiger charge is 2.40. The monoisotopic (exact) mass is 275 g/mol. The van der Waals surface area contributed by atoms with Gasteiger partial charge in [0.1, 0.15) is 0 Å². The molecule has 0 spiro atoms. The van der Waals surface area contributed by atoms with Gasteiger partial charge in [-0.25, -0.2) is 0 Å². The first-order valence-corrected chi connectivity index (χ1v) is 7.25. The number of fused-ring (bicyclic) bond motifs is 1. The summed E-state index contributed by atoms with van der Waals surface area (Å²) >= 11 is 0. The molecule has 3 aromatic rings. The Morgan fingerprint density at radius 1 is 1.19 bits per heavy atom. The Morgan fingerprint density at radius 2 is 2.05 bits per heavy atom. The van der Waals surface area contributed by atoms with Gasteiger partial charge in [-0.05, 0) is 36.1 Å². The molecular weight excluding hydrogens is 258 g/mol. The van der Waals surface area contributed by atoms with E-state index in [1.807, 2.05) is 24.4 Å². The number of benzene rings is 2. The molecule has 4 rings (SSSR count). The van der Waals surface area contributed by atoms with Crippen molar-refractivity contribution in [2.75, 3.05) is 5.32 Å². The summed E-state index contributed by atoms with van der Waals surface area (Å²) in [5, 5.41) is 11.7. The molecule has 3 heteroatoms. The van der Waals surface area contributed by atoms with E-state index in [2.05, 4.69) is 52.4 Å². The van der Waals surface area contributed by atoms with Crippen molar-refractivity contribution in [3.8, 4) is 0 Å². The number of aromatic amines is 1. The molecule has 0 saturated heterocycles. The molecular formula is C18H17N3. The maximum atomic E-state index is 4.21. The van der Waals surface area contributed by atoms with Gasteiger partial charge in [-0.2, -0.15) is 5.10 Å². The van der Waals surface area contributed by atoms with Crippen molar-refractivity contribution in [2.45, 2.75) is 12.3 Å². The van der Waals surface area contributed by atoms with Crippen LogP contribution >= 0.6 is 0 Å². The molecule has 2 N–H and O–H groups in total. The van der Waals surface area contributed by atoms with Crippen LogP contribution in [0.3, 0.4) is 0 Å². The smallest absolute Gasteiger partial charge is 0.0653 e. The van der Waals surface area contributed by atoms with E-state index in [1.54, 1.807) is 0 Å². The minimum atomic E-state index is 0.519. The summed E-state index contributed by atoms with van der Waals surface area (Å²) in [7, 11) is 0. The van der Waals surface area contributed by atoms with Gasteiger partial charge in [0, 0.05) is 22.7 Å². The molecule has 104 valence electrons. The molecule has 1 aliphatic carbocycles. The van der Waals surface area contributed by atoms with Crippen LogP contribution in [0, 0.1) is 5.92 Å². The quantitative estimate of drug-likeness (QED) is 0.745. The van der Waals surface area contributed by atoms with Crippen LogP contribution in [0.4, 0.5) is 5.69 Å². The normalized spacial score (nSPS) is 20.4. The zero-order chi connectivity index (χ0) is 14.2. The van der Waals surface area contributed by atoms with E-state index >= 15 is 0 Å². The van der Waals surface area contributed by atoms with Gasteiger partial charge in [0.25, 0.3) is 0 Å². The van der Waals surface area contributed by atoms with Gasteiger partial charge in [-0.15, -0.1) is 0 Å². The molecule has 0 aliphatic heterocycles. The summed E-state index contributed by atoms with van der Waals surface area (Å²) in [4.78, 5) is 0. The standard InChI is InChI=1S/C18H17N3/c1-12(20-15-5-3-2-4-6-15)16-10-17(16)13-7-8-14-11-19-21-18(14)9-13/h2-9,11,16-17,20H,1,10H2,(H,19,21)/t16-,17+/m0/s1. The van der Waals surface area contributed by atoms with Crippen LogP contribution in [0.15, 0.2) is 67.0 Å². The number of aromatic nitrogens is 2.